The van der Waals surface area contributed by atoms with Gasteiger partial charge in [0.1, 0.15) is 0 Å². The van der Waals surface area contributed by atoms with E-state index in [0.717, 1.165) is 0 Å². The topological polar surface area (TPSA) is 6.48 Å². The molecule has 26 heavy (non-hydrogen) atoms. The first-order valence-electron chi connectivity index (χ1n) is 10.8. The lowest BCUT2D eigenvalue weighted by molar-refractivity contribution is -0.00283. The minimum atomic E-state index is 0.329. The third-order valence-corrected chi connectivity index (χ3v) is 8.00. The van der Waals surface area contributed by atoms with E-state index in [-0.39, 0.29) is 0 Å². The molecule has 148 valence electrons. The SMILES string of the molecule is [CH2-]N1CCC2(CC1)CCC(C(=C/C=C/C)CSC)(N1CCCCC1)CC2. The monoisotopic (exact) mass is 375 g/mol. The lowest BCUT2D eigenvalue weighted by Gasteiger charge is -2.56. The zero-order valence-corrected chi connectivity index (χ0v) is 18.0. The highest BCUT2D eigenvalue weighted by molar-refractivity contribution is 7.98. The van der Waals surface area contributed by atoms with Gasteiger partial charge in [0.25, 0.3) is 0 Å². The van der Waals surface area contributed by atoms with Crippen LogP contribution in [0.25, 0.3) is 0 Å². The Bertz CT molecular complexity index is 486. The predicted octanol–water partition coefficient (Wildman–Crippen LogP) is 5.52. The maximum Gasteiger partial charge on any atom is 0.0432 e. The Kier molecular flexibility index (Phi) is 7.32. The van der Waals surface area contributed by atoms with Gasteiger partial charge in [-0.15, -0.1) is 0 Å². The van der Waals surface area contributed by atoms with E-state index in [1.165, 1.54) is 89.7 Å². The quantitative estimate of drug-likeness (QED) is 0.461. The summed E-state index contributed by atoms with van der Waals surface area (Å²) < 4.78 is 0. The van der Waals surface area contributed by atoms with E-state index in [4.69, 9.17) is 0 Å². The van der Waals surface area contributed by atoms with Crippen molar-refractivity contribution in [1.29, 1.82) is 0 Å². The number of hydrogen-bond acceptors (Lipinski definition) is 3. The first-order valence-corrected chi connectivity index (χ1v) is 12.2. The molecule has 0 aromatic rings. The highest BCUT2D eigenvalue weighted by Gasteiger charge is 2.47. The molecule has 2 aliphatic heterocycles. The Balaban J connectivity index is 1.83. The van der Waals surface area contributed by atoms with Crippen molar-refractivity contribution < 1.29 is 0 Å². The van der Waals surface area contributed by atoms with Gasteiger partial charge in [-0.1, -0.05) is 24.6 Å². The number of thioether (sulfide) groups is 1. The van der Waals surface area contributed by atoms with E-state index in [2.05, 4.69) is 48.3 Å². The number of allylic oxidation sites excluding steroid dienone is 3. The summed E-state index contributed by atoms with van der Waals surface area (Å²) in [7, 11) is 4.17. The van der Waals surface area contributed by atoms with Gasteiger partial charge in [-0.3, -0.25) is 11.9 Å². The fourth-order valence-electron chi connectivity index (χ4n) is 5.59. The molecule has 2 saturated heterocycles. The van der Waals surface area contributed by atoms with Gasteiger partial charge >= 0.3 is 0 Å². The number of likely N-dealkylation sites (tertiary alicyclic amines) is 2. The third-order valence-electron chi connectivity index (χ3n) is 7.40. The van der Waals surface area contributed by atoms with Crippen molar-refractivity contribution in [1.82, 2.24) is 9.80 Å². The Morgan fingerprint density at radius 3 is 2.19 bits per heavy atom. The number of nitrogens with zero attached hydrogens (tertiary/aromatic N) is 2. The van der Waals surface area contributed by atoms with Crippen molar-refractivity contribution in [3.05, 3.63) is 30.8 Å². The number of piperidine rings is 2. The molecular formula is C23H39N2S-. The molecule has 3 rings (SSSR count). The molecule has 0 aromatic carbocycles. The first-order chi connectivity index (χ1) is 12.6. The van der Waals surface area contributed by atoms with E-state index >= 15 is 0 Å². The zero-order valence-electron chi connectivity index (χ0n) is 17.1. The van der Waals surface area contributed by atoms with Crippen LogP contribution in [0, 0.1) is 12.5 Å². The fourth-order valence-corrected chi connectivity index (χ4v) is 6.27. The maximum absolute atomic E-state index is 4.17. The molecule has 3 heteroatoms. The van der Waals surface area contributed by atoms with Gasteiger partial charge in [-0.2, -0.15) is 11.8 Å². The molecule has 0 radical (unpaired) electrons. The van der Waals surface area contributed by atoms with Gasteiger partial charge in [0, 0.05) is 11.3 Å². The molecule has 0 bridgehead atoms. The smallest absolute Gasteiger partial charge is 0.0432 e. The molecule has 0 amide bonds. The normalized spacial score (nSPS) is 28.0. The minimum Gasteiger partial charge on any atom is -0.459 e. The van der Waals surface area contributed by atoms with Crippen molar-refractivity contribution in [3.8, 4) is 0 Å². The number of rotatable bonds is 5. The molecule has 0 atom stereocenters. The van der Waals surface area contributed by atoms with Crippen LogP contribution in [0.3, 0.4) is 0 Å². The summed E-state index contributed by atoms with van der Waals surface area (Å²) in [4.78, 5) is 5.17. The van der Waals surface area contributed by atoms with E-state index < -0.39 is 0 Å². The van der Waals surface area contributed by atoms with Crippen molar-refractivity contribution in [2.24, 2.45) is 5.41 Å². The molecule has 0 unspecified atom stereocenters. The van der Waals surface area contributed by atoms with Crippen LogP contribution in [0.1, 0.15) is 64.7 Å². The molecule has 3 fully saturated rings. The van der Waals surface area contributed by atoms with Gasteiger partial charge in [-0.25, -0.2) is 0 Å². The van der Waals surface area contributed by atoms with Crippen molar-refractivity contribution >= 4 is 11.8 Å². The minimum absolute atomic E-state index is 0.329. The van der Waals surface area contributed by atoms with E-state index in [1.807, 2.05) is 11.8 Å². The summed E-state index contributed by atoms with van der Waals surface area (Å²) >= 11 is 2.00. The standard InChI is InChI=1S/C23H39N2S/c1-4-5-9-21(20-26-3)23(25-16-7-6-8-17-25)12-10-22(11-13-23)14-18-24(2)19-15-22/h4-5,9H,2,6-8,10-20H2,1,3H3/q-1/b5-4+,21-9?. The van der Waals surface area contributed by atoms with Crippen LogP contribution in [0.2, 0.25) is 0 Å². The number of hydrogen-bond donors (Lipinski definition) is 0. The Morgan fingerprint density at radius 1 is 0.962 bits per heavy atom. The predicted molar refractivity (Wildman–Crippen MR) is 116 cm³/mol. The lowest BCUT2D eigenvalue weighted by atomic mass is 9.61. The van der Waals surface area contributed by atoms with Gasteiger partial charge in [0.05, 0.1) is 0 Å². The fraction of sp³-hybridized carbons (Fsp3) is 0.783. The van der Waals surface area contributed by atoms with Gasteiger partial charge in [-0.05, 0) is 102 Å². The largest absolute Gasteiger partial charge is 0.459 e. The summed E-state index contributed by atoms with van der Waals surface area (Å²) in [5, 5.41) is 0. The molecule has 2 nitrogen and oxygen atoms in total. The van der Waals surface area contributed by atoms with Gasteiger partial charge in [0.2, 0.25) is 0 Å². The van der Waals surface area contributed by atoms with Crippen LogP contribution in [0.5, 0.6) is 0 Å². The summed E-state index contributed by atoms with van der Waals surface area (Å²) in [6.45, 7) is 7.15. The second kappa shape index (κ2) is 9.30. The molecule has 1 aliphatic carbocycles. The maximum atomic E-state index is 4.17. The van der Waals surface area contributed by atoms with Crippen LogP contribution >= 0.6 is 11.8 Å². The third kappa shape index (κ3) is 4.42. The van der Waals surface area contributed by atoms with Gasteiger partial charge in [0.15, 0.2) is 0 Å². The molecule has 2 heterocycles. The average Bonchev–Trinajstić information content (AvgIpc) is 2.69. The molecule has 1 spiro atoms. The Morgan fingerprint density at radius 2 is 1.62 bits per heavy atom. The van der Waals surface area contributed by atoms with E-state index in [9.17, 15) is 0 Å². The van der Waals surface area contributed by atoms with Crippen LogP contribution in [-0.2, 0) is 0 Å². The average molecular weight is 376 g/mol. The summed E-state index contributed by atoms with van der Waals surface area (Å²) in [6.07, 6.45) is 21.7. The highest BCUT2D eigenvalue weighted by atomic mass is 32.2. The van der Waals surface area contributed by atoms with Crippen LogP contribution in [0.15, 0.2) is 23.8 Å². The van der Waals surface area contributed by atoms with Crippen LogP contribution < -0.4 is 0 Å². The molecule has 1 saturated carbocycles. The van der Waals surface area contributed by atoms with Crippen LogP contribution in [-0.4, -0.2) is 53.5 Å². The zero-order chi connectivity index (χ0) is 18.5. The summed E-state index contributed by atoms with van der Waals surface area (Å²) in [6, 6.07) is 0. The summed E-state index contributed by atoms with van der Waals surface area (Å²) in [5.74, 6) is 1.18. The molecular weight excluding hydrogens is 336 g/mol. The Hall–Kier alpha value is -0.250. The van der Waals surface area contributed by atoms with Crippen molar-refractivity contribution in [2.45, 2.75) is 70.3 Å². The molecule has 0 N–H and O–H groups in total. The summed E-state index contributed by atoms with van der Waals surface area (Å²) in [5.41, 5.74) is 2.63. The van der Waals surface area contributed by atoms with Gasteiger partial charge < -0.3 is 4.90 Å². The molecule has 0 aromatic heterocycles. The molecule has 3 aliphatic rings. The Labute approximate surface area is 166 Å². The van der Waals surface area contributed by atoms with Crippen molar-refractivity contribution in [3.63, 3.8) is 0 Å². The van der Waals surface area contributed by atoms with Crippen LogP contribution in [0.4, 0.5) is 0 Å². The van der Waals surface area contributed by atoms with Crippen molar-refractivity contribution in [2.75, 3.05) is 38.2 Å². The highest BCUT2D eigenvalue weighted by Crippen LogP contribution is 2.52. The first kappa shape index (κ1) is 20.5. The van der Waals surface area contributed by atoms with E-state index in [1.54, 1.807) is 5.57 Å². The second-order valence-electron chi connectivity index (χ2n) is 8.85. The van der Waals surface area contributed by atoms with E-state index in [0.29, 0.717) is 11.0 Å². The lowest BCUT2D eigenvalue weighted by Crippen LogP contribution is -2.56. The second-order valence-corrected chi connectivity index (χ2v) is 9.71.